The van der Waals surface area contributed by atoms with E-state index >= 15 is 0 Å². The van der Waals surface area contributed by atoms with E-state index in [1.165, 1.54) is 0 Å². The first-order chi connectivity index (χ1) is 10.2. The summed E-state index contributed by atoms with van der Waals surface area (Å²) < 4.78 is 0. The van der Waals surface area contributed by atoms with Crippen LogP contribution in [0.3, 0.4) is 0 Å². The summed E-state index contributed by atoms with van der Waals surface area (Å²) in [5, 5.41) is 14.9. The van der Waals surface area contributed by atoms with Gasteiger partial charge in [-0.05, 0) is 25.0 Å². The summed E-state index contributed by atoms with van der Waals surface area (Å²) in [6.07, 6.45) is 3.03. The number of aliphatic carboxylic acids is 1. The van der Waals surface area contributed by atoms with Crippen LogP contribution in [0.25, 0.3) is 0 Å². The van der Waals surface area contributed by atoms with E-state index in [0.29, 0.717) is 26.1 Å². The molecule has 1 fully saturated rings. The first-order valence-electron chi connectivity index (χ1n) is 7.07. The first kappa shape index (κ1) is 15.1. The number of pyridine rings is 1. The maximum atomic E-state index is 11.8. The second-order valence-electron chi connectivity index (χ2n) is 5.00. The van der Waals surface area contributed by atoms with Crippen LogP contribution in [0, 0.1) is 5.92 Å². The number of hydrogen-bond donors (Lipinski definition) is 3. The van der Waals surface area contributed by atoms with Crippen LogP contribution in [0.2, 0.25) is 0 Å². The second-order valence-corrected chi connectivity index (χ2v) is 5.00. The predicted octanol–water partition coefficient (Wildman–Crippen LogP) is 1.000. The van der Waals surface area contributed by atoms with Crippen molar-refractivity contribution in [1.29, 1.82) is 0 Å². The molecular formula is C14H20N4O3. The molecule has 0 bridgehead atoms. The Kier molecular flexibility index (Phi) is 5.36. The van der Waals surface area contributed by atoms with Crippen LogP contribution in [0.15, 0.2) is 24.4 Å². The molecule has 0 spiro atoms. The normalized spacial score (nSPS) is 17.5. The van der Waals surface area contributed by atoms with Crippen molar-refractivity contribution in [2.24, 2.45) is 5.92 Å². The van der Waals surface area contributed by atoms with Crippen LogP contribution >= 0.6 is 0 Å². The number of rotatable bonds is 6. The van der Waals surface area contributed by atoms with E-state index in [-0.39, 0.29) is 6.03 Å². The van der Waals surface area contributed by atoms with Gasteiger partial charge in [-0.25, -0.2) is 9.78 Å². The number of aromatic nitrogens is 1. The molecule has 3 N–H and O–H groups in total. The van der Waals surface area contributed by atoms with Gasteiger partial charge in [0.15, 0.2) is 0 Å². The van der Waals surface area contributed by atoms with Gasteiger partial charge in [-0.3, -0.25) is 4.79 Å². The average molecular weight is 292 g/mol. The minimum absolute atomic E-state index is 0.184. The summed E-state index contributed by atoms with van der Waals surface area (Å²) >= 11 is 0. The number of nitrogens with one attached hydrogen (secondary N) is 2. The number of likely N-dealkylation sites (tertiary alicyclic amines) is 1. The second kappa shape index (κ2) is 7.47. The Labute approximate surface area is 123 Å². The van der Waals surface area contributed by atoms with Gasteiger partial charge in [-0.2, -0.15) is 0 Å². The minimum Gasteiger partial charge on any atom is -0.481 e. The summed E-state index contributed by atoms with van der Waals surface area (Å²) in [6.45, 7) is 2.07. The van der Waals surface area contributed by atoms with Gasteiger partial charge in [0, 0.05) is 32.4 Å². The van der Waals surface area contributed by atoms with E-state index in [9.17, 15) is 9.59 Å². The van der Waals surface area contributed by atoms with Gasteiger partial charge < -0.3 is 20.6 Å². The van der Waals surface area contributed by atoms with Gasteiger partial charge >= 0.3 is 12.0 Å². The molecule has 1 aromatic heterocycles. The molecule has 1 aliphatic rings. The topological polar surface area (TPSA) is 94.6 Å². The lowest BCUT2D eigenvalue weighted by Gasteiger charge is -2.16. The van der Waals surface area contributed by atoms with Crippen molar-refractivity contribution in [3.05, 3.63) is 24.4 Å². The van der Waals surface area contributed by atoms with Crippen molar-refractivity contribution < 1.29 is 14.7 Å². The number of carbonyl (C=O) groups is 2. The van der Waals surface area contributed by atoms with E-state index in [1.807, 2.05) is 18.2 Å². The number of amides is 2. The lowest BCUT2D eigenvalue weighted by atomic mass is 10.1. The molecular weight excluding hydrogens is 272 g/mol. The maximum absolute atomic E-state index is 11.8. The summed E-state index contributed by atoms with van der Waals surface area (Å²) in [4.78, 5) is 28.4. The molecule has 0 aliphatic carbocycles. The number of hydrogen-bond acceptors (Lipinski definition) is 4. The van der Waals surface area contributed by atoms with E-state index in [2.05, 4.69) is 15.6 Å². The SMILES string of the molecule is O=C(O)C1CCN(C(=O)NCCCNc2ccccn2)C1. The maximum Gasteiger partial charge on any atom is 0.317 e. The zero-order chi connectivity index (χ0) is 15.1. The van der Waals surface area contributed by atoms with Crippen molar-refractivity contribution >= 4 is 17.8 Å². The van der Waals surface area contributed by atoms with Crippen LogP contribution in [0.1, 0.15) is 12.8 Å². The molecule has 1 saturated heterocycles. The van der Waals surface area contributed by atoms with Gasteiger partial charge in [0.2, 0.25) is 0 Å². The fourth-order valence-corrected chi connectivity index (χ4v) is 2.23. The Morgan fingerprint density at radius 3 is 2.90 bits per heavy atom. The highest BCUT2D eigenvalue weighted by Crippen LogP contribution is 2.15. The van der Waals surface area contributed by atoms with Gasteiger partial charge in [0.05, 0.1) is 5.92 Å². The molecule has 1 unspecified atom stereocenters. The van der Waals surface area contributed by atoms with Crippen molar-refractivity contribution in [3.8, 4) is 0 Å². The Morgan fingerprint density at radius 2 is 2.24 bits per heavy atom. The van der Waals surface area contributed by atoms with E-state index in [1.54, 1.807) is 11.1 Å². The molecule has 0 aromatic carbocycles. The van der Waals surface area contributed by atoms with Crippen molar-refractivity contribution in [1.82, 2.24) is 15.2 Å². The molecule has 21 heavy (non-hydrogen) atoms. The largest absolute Gasteiger partial charge is 0.481 e. The lowest BCUT2D eigenvalue weighted by molar-refractivity contribution is -0.141. The van der Waals surface area contributed by atoms with Gasteiger partial charge in [-0.1, -0.05) is 6.07 Å². The molecule has 0 radical (unpaired) electrons. The number of carbonyl (C=O) groups excluding carboxylic acids is 1. The zero-order valence-electron chi connectivity index (χ0n) is 11.8. The number of urea groups is 1. The number of anilines is 1. The van der Waals surface area contributed by atoms with Crippen LogP contribution in [-0.2, 0) is 4.79 Å². The van der Waals surface area contributed by atoms with Gasteiger partial charge in [-0.15, -0.1) is 0 Å². The van der Waals surface area contributed by atoms with Crippen LogP contribution in [0.5, 0.6) is 0 Å². The quantitative estimate of drug-likeness (QED) is 0.680. The number of carboxylic acids is 1. The molecule has 7 heteroatoms. The van der Waals surface area contributed by atoms with Crippen LogP contribution < -0.4 is 10.6 Å². The van der Waals surface area contributed by atoms with Crippen molar-refractivity contribution in [2.75, 3.05) is 31.5 Å². The fourth-order valence-electron chi connectivity index (χ4n) is 2.23. The third-order valence-corrected chi connectivity index (χ3v) is 3.43. The standard InChI is InChI=1S/C14H20N4O3/c19-13(20)11-5-9-18(10-11)14(21)17-8-3-7-16-12-4-1-2-6-15-12/h1-2,4,6,11H,3,5,7-10H2,(H,15,16)(H,17,21)(H,19,20). The highest BCUT2D eigenvalue weighted by Gasteiger charge is 2.30. The molecule has 7 nitrogen and oxygen atoms in total. The molecule has 0 saturated carbocycles. The number of carboxylic acid groups (broad SMARTS) is 1. The summed E-state index contributed by atoms with van der Waals surface area (Å²) in [5.41, 5.74) is 0. The molecule has 2 rings (SSSR count). The van der Waals surface area contributed by atoms with Gasteiger partial charge in [0.1, 0.15) is 5.82 Å². The average Bonchev–Trinajstić information content (AvgIpc) is 2.98. The molecule has 2 amide bonds. The lowest BCUT2D eigenvalue weighted by Crippen LogP contribution is -2.39. The molecule has 1 atom stereocenters. The fraction of sp³-hybridized carbons (Fsp3) is 0.500. The molecule has 1 aliphatic heterocycles. The van der Waals surface area contributed by atoms with Crippen molar-refractivity contribution in [2.45, 2.75) is 12.8 Å². The summed E-state index contributed by atoms with van der Waals surface area (Å²) in [6, 6.07) is 5.46. The smallest absolute Gasteiger partial charge is 0.317 e. The minimum atomic E-state index is -0.829. The van der Waals surface area contributed by atoms with Crippen molar-refractivity contribution in [3.63, 3.8) is 0 Å². The Balaban J connectivity index is 1.59. The van der Waals surface area contributed by atoms with Gasteiger partial charge in [0.25, 0.3) is 0 Å². The highest BCUT2D eigenvalue weighted by molar-refractivity contribution is 5.77. The van der Waals surface area contributed by atoms with E-state index < -0.39 is 11.9 Å². The Hall–Kier alpha value is -2.31. The third kappa shape index (κ3) is 4.62. The predicted molar refractivity (Wildman–Crippen MR) is 78.1 cm³/mol. The number of nitrogens with zero attached hydrogens (tertiary/aromatic N) is 2. The zero-order valence-corrected chi connectivity index (χ0v) is 11.8. The van der Waals surface area contributed by atoms with E-state index in [4.69, 9.17) is 5.11 Å². The summed E-state index contributed by atoms with van der Waals surface area (Å²) in [5.74, 6) is -0.445. The molecule has 114 valence electrons. The van der Waals surface area contributed by atoms with E-state index in [0.717, 1.165) is 18.8 Å². The molecule has 2 heterocycles. The highest BCUT2D eigenvalue weighted by atomic mass is 16.4. The Morgan fingerprint density at radius 1 is 1.38 bits per heavy atom. The molecule has 1 aromatic rings. The first-order valence-corrected chi connectivity index (χ1v) is 7.07. The monoisotopic (exact) mass is 292 g/mol. The summed E-state index contributed by atoms with van der Waals surface area (Å²) in [7, 11) is 0. The Bertz CT molecular complexity index is 480. The van der Waals surface area contributed by atoms with Crippen LogP contribution in [0.4, 0.5) is 10.6 Å². The third-order valence-electron chi connectivity index (χ3n) is 3.43. The van der Waals surface area contributed by atoms with Crippen LogP contribution in [-0.4, -0.2) is 53.2 Å².